The highest BCUT2D eigenvalue weighted by Gasteiger charge is 2.07. The number of anilines is 1. The topological polar surface area (TPSA) is 30.5 Å². The maximum atomic E-state index is 5.29. The summed E-state index contributed by atoms with van der Waals surface area (Å²) in [5, 5.41) is 5.92. The van der Waals surface area contributed by atoms with Gasteiger partial charge in [-0.15, -0.1) is 0 Å². The maximum absolute atomic E-state index is 5.29. The zero-order chi connectivity index (χ0) is 16.9. The first-order valence-electron chi connectivity index (χ1n) is 8.15. The second-order valence-electron chi connectivity index (χ2n) is 5.99. The third-order valence-electron chi connectivity index (χ3n) is 4.32. The van der Waals surface area contributed by atoms with E-state index in [1.165, 1.54) is 16.3 Å². The largest absolute Gasteiger partial charge is 0.497 e. The van der Waals surface area contributed by atoms with E-state index in [4.69, 9.17) is 9.47 Å². The number of ether oxygens (including phenoxy) is 2. The molecule has 3 heteroatoms. The highest BCUT2D eigenvalue weighted by atomic mass is 16.5. The van der Waals surface area contributed by atoms with Gasteiger partial charge in [-0.3, -0.25) is 0 Å². The molecule has 3 aromatic carbocycles. The molecule has 0 saturated carbocycles. The summed E-state index contributed by atoms with van der Waals surface area (Å²) in [7, 11) is 3.38. The number of hydrogen-bond donors (Lipinski definition) is 1. The van der Waals surface area contributed by atoms with Crippen LogP contribution in [0.15, 0.2) is 60.7 Å². The van der Waals surface area contributed by atoms with E-state index < -0.39 is 0 Å². The molecule has 3 nitrogen and oxygen atoms in total. The Morgan fingerprint density at radius 2 is 1.54 bits per heavy atom. The van der Waals surface area contributed by atoms with Crippen LogP contribution in [0, 0.1) is 0 Å². The molecule has 0 aliphatic carbocycles. The SMILES string of the molecule is COc1cccc(NCC(C)c2ccc3cc(OC)ccc3c2)c1. The Bertz CT molecular complexity index is 829. The summed E-state index contributed by atoms with van der Waals surface area (Å²) in [5.74, 6) is 2.16. The number of hydrogen-bond acceptors (Lipinski definition) is 3. The van der Waals surface area contributed by atoms with E-state index in [2.05, 4.69) is 48.6 Å². The Labute approximate surface area is 143 Å². The fourth-order valence-corrected chi connectivity index (χ4v) is 2.80. The lowest BCUT2D eigenvalue weighted by Crippen LogP contribution is -2.09. The molecular formula is C21H23NO2. The summed E-state index contributed by atoms with van der Waals surface area (Å²) in [6, 6.07) is 20.8. The predicted molar refractivity (Wildman–Crippen MR) is 100 cm³/mol. The first-order chi connectivity index (χ1) is 11.7. The second-order valence-corrected chi connectivity index (χ2v) is 5.99. The molecule has 0 aliphatic heterocycles. The van der Waals surface area contributed by atoms with Crippen molar-refractivity contribution in [3.05, 3.63) is 66.2 Å². The van der Waals surface area contributed by atoms with Crippen molar-refractivity contribution in [3.63, 3.8) is 0 Å². The first kappa shape index (κ1) is 16.2. The Hall–Kier alpha value is -2.68. The molecular weight excluding hydrogens is 298 g/mol. The van der Waals surface area contributed by atoms with Crippen LogP contribution in [0.5, 0.6) is 11.5 Å². The smallest absolute Gasteiger partial charge is 0.120 e. The third-order valence-corrected chi connectivity index (χ3v) is 4.32. The zero-order valence-corrected chi connectivity index (χ0v) is 14.4. The van der Waals surface area contributed by atoms with Gasteiger partial charge in [0.2, 0.25) is 0 Å². The van der Waals surface area contributed by atoms with Crippen LogP contribution in [-0.4, -0.2) is 20.8 Å². The predicted octanol–water partition coefficient (Wildman–Crippen LogP) is 5.07. The van der Waals surface area contributed by atoms with Crippen molar-refractivity contribution in [3.8, 4) is 11.5 Å². The Balaban J connectivity index is 1.72. The first-order valence-corrected chi connectivity index (χ1v) is 8.15. The summed E-state index contributed by atoms with van der Waals surface area (Å²) in [6.45, 7) is 3.10. The van der Waals surface area contributed by atoms with Gasteiger partial charge in [-0.2, -0.15) is 0 Å². The highest BCUT2D eigenvalue weighted by Crippen LogP contribution is 2.26. The number of nitrogens with one attached hydrogen (secondary N) is 1. The van der Waals surface area contributed by atoms with E-state index in [1.54, 1.807) is 14.2 Å². The van der Waals surface area contributed by atoms with Crippen LogP contribution in [0.3, 0.4) is 0 Å². The molecule has 0 spiro atoms. The van der Waals surface area contributed by atoms with E-state index in [1.807, 2.05) is 24.3 Å². The number of rotatable bonds is 6. The van der Waals surface area contributed by atoms with Gasteiger partial charge in [0.05, 0.1) is 14.2 Å². The summed E-state index contributed by atoms with van der Waals surface area (Å²) >= 11 is 0. The van der Waals surface area contributed by atoms with Gasteiger partial charge in [0.15, 0.2) is 0 Å². The van der Waals surface area contributed by atoms with Gasteiger partial charge < -0.3 is 14.8 Å². The van der Waals surface area contributed by atoms with Crippen molar-refractivity contribution in [1.29, 1.82) is 0 Å². The molecule has 0 heterocycles. The van der Waals surface area contributed by atoms with E-state index in [-0.39, 0.29) is 0 Å². The molecule has 0 saturated heterocycles. The molecule has 1 N–H and O–H groups in total. The standard InChI is InChI=1S/C21H23NO2/c1-15(14-22-19-5-4-6-20(13-19)23-2)16-7-8-18-12-21(24-3)10-9-17(18)11-16/h4-13,15,22H,14H2,1-3H3. The van der Waals surface area contributed by atoms with Crippen molar-refractivity contribution in [2.24, 2.45) is 0 Å². The average Bonchev–Trinajstić information content (AvgIpc) is 2.65. The number of methoxy groups -OCH3 is 2. The fourth-order valence-electron chi connectivity index (χ4n) is 2.80. The van der Waals surface area contributed by atoms with E-state index in [0.717, 1.165) is 23.7 Å². The quantitative estimate of drug-likeness (QED) is 0.687. The zero-order valence-electron chi connectivity index (χ0n) is 14.4. The summed E-state index contributed by atoms with van der Waals surface area (Å²) < 4.78 is 10.5. The molecule has 0 radical (unpaired) electrons. The molecule has 0 aliphatic rings. The van der Waals surface area contributed by atoms with Crippen LogP contribution in [0.1, 0.15) is 18.4 Å². The van der Waals surface area contributed by atoms with Crippen molar-refractivity contribution in [1.82, 2.24) is 0 Å². The molecule has 124 valence electrons. The minimum atomic E-state index is 0.405. The van der Waals surface area contributed by atoms with Crippen molar-refractivity contribution < 1.29 is 9.47 Å². The van der Waals surface area contributed by atoms with Gasteiger partial charge in [-0.1, -0.05) is 37.3 Å². The molecule has 0 aromatic heterocycles. The molecule has 3 rings (SSSR count). The van der Waals surface area contributed by atoms with Crippen LogP contribution < -0.4 is 14.8 Å². The summed E-state index contributed by atoms with van der Waals surface area (Å²) in [5.41, 5.74) is 2.40. The van der Waals surface area contributed by atoms with Crippen LogP contribution in [0.4, 0.5) is 5.69 Å². The molecule has 24 heavy (non-hydrogen) atoms. The number of fused-ring (bicyclic) bond motifs is 1. The van der Waals surface area contributed by atoms with Crippen LogP contribution in [0.2, 0.25) is 0 Å². The minimum absolute atomic E-state index is 0.405. The van der Waals surface area contributed by atoms with Crippen LogP contribution in [-0.2, 0) is 0 Å². The molecule has 1 unspecified atom stereocenters. The molecule has 1 atom stereocenters. The second kappa shape index (κ2) is 7.26. The van der Waals surface area contributed by atoms with E-state index in [0.29, 0.717) is 5.92 Å². The third kappa shape index (κ3) is 3.62. The normalized spacial score (nSPS) is 12.0. The van der Waals surface area contributed by atoms with Gasteiger partial charge >= 0.3 is 0 Å². The molecule has 3 aromatic rings. The summed E-state index contributed by atoms with van der Waals surface area (Å²) in [6.07, 6.45) is 0. The Morgan fingerprint density at radius 1 is 0.833 bits per heavy atom. The lowest BCUT2D eigenvalue weighted by Gasteiger charge is -2.15. The highest BCUT2D eigenvalue weighted by molar-refractivity contribution is 5.84. The van der Waals surface area contributed by atoms with Crippen molar-refractivity contribution in [2.75, 3.05) is 26.1 Å². The van der Waals surface area contributed by atoms with Crippen LogP contribution in [0.25, 0.3) is 10.8 Å². The molecule has 0 fully saturated rings. The maximum Gasteiger partial charge on any atom is 0.120 e. The van der Waals surface area contributed by atoms with Gasteiger partial charge in [-0.25, -0.2) is 0 Å². The lowest BCUT2D eigenvalue weighted by atomic mass is 9.97. The van der Waals surface area contributed by atoms with Gasteiger partial charge in [0, 0.05) is 18.3 Å². The Kier molecular flexibility index (Phi) is 4.90. The van der Waals surface area contributed by atoms with Crippen LogP contribution >= 0.6 is 0 Å². The molecule has 0 bridgehead atoms. The average molecular weight is 321 g/mol. The van der Waals surface area contributed by atoms with Gasteiger partial charge in [0.1, 0.15) is 11.5 Å². The fraction of sp³-hybridized carbons (Fsp3) is 0.238. The summed E-state index contributed by atoms with van der Waals surface area (Å²) in [4.78, 5) is 0. The van der Waals surface area contributed by atoms with Gasteiger partial charge in [0.25, 0.3) is 0 Å². The van der Waals surface area contributed by atoms with Crippen molar-refractivity contribution >= 4 is 16.5 Å². The van der Waals surface area contributed by atoms with E-state index in [9.17, 15) is 0 Å². The van der Waals surface area contributed by atoms with E-state index >= 15 is 0 Å². The van der Waals surface area contributed by atoms with Crippen molar-refractivity contribution in [2.45, 2.75) is 12.8 Å². The lowest BCUT2D eigenvalue weighted by molar-refractivity contribution is 0.415. The minimum Gasteiger partial charge on any atom is -0.497 e. The Morgan fingerprint density at radius 3 is 2.33 bits per heavy atom. The number of benzene rings is 3. The monoisotopic (exact) mass is 321 g/mol. The molecule has 0 amide bonds. The van der Waals surface area contributed by atoms with Gasteiger partial charge in [-0.05, 0) is 46.5 Å².